The van der Waals surface area contributed by atoms with Gasteiger partial charge in [0.15, 0.2) is 5.78 Å². The molecule has 0 fully saturated rings. The molecule has 0 unspecified atom stereocenters. The summed E-state index contributed by atoms with van der Waals surface area (Å²) in [7, 11) is 1.52. The summed E-state index contributed by atoms with van der Waals surface area (Å²) in [6.07, 6.45) is 0.0703. The van der Waals surface area contributed by atoms with E-state index in [4.69, 9.17) is 4.74 Å². The van der Waals surface area contributed by atoms with E-state index in [9.17, 15) is 23.2 Å². The van der Waals surface area contributed by atoms with Gasteiger partial charge in [0, 0.05) is 42.5 Å². The summed E-state index contributed by atoms with van der Waals surface area (Å²) >= 11 is 0. The first kappa shape index (κ1) is 25.6. The average molecular weight is 481 g/mol. The molecule has 8 heteroatoms. The number of anilines is 1. The first-order valence-electron chi connectivity index (χ1n) is 11.0. The van der Waals surface area contributed by atoms with Crippen LogP contribution in [-0.2, 0) is 9.59 Å². The number of Topliss-reactive ketones (excluding diaryl/α,β-unsaturated/α-hetero) is 2. The summed E-state index contributed by atoms with van der Waals surface area (Å²) < 4.78 is 35.5. The SMILES string of the molecule is COc1ccc(-c2cc(NC(=O)CCC(=O)CCC(=O)c3ccccc3)ccc2OC(F)F)cc1. The van der Waals surface area contributed by atoms with E-state index in [0.29, 0.717) is 28.1 Å². The Labute approximate surface area is 201 Å². The van der Waals surface area contributed by atoms with Gasteiger partial charge < -0.3 is 14.8 Å². The van der Waals surface area contributed by atoms with Crippen molar-refractivity contribution in [1.29, 1.82) is 0 Å². The number of carbonyl (C=O) groups excluding carboxylic acids is 3. The van der Waals surface area contributed by atoms with Gasteiger partial charge >= 0.3 is 6.61 Å². The van der Waals surface area contributed by atoms with Crippen molar-refractivity contribution in [3.8, 4) is 22.6 Å². The number of amides is 1. The fraction of sp³-hybridized carbons (Fsp3) is 0.222. The Kier molecular flexibility index (Phi) is 9.06. The monoisotopic (exact) mass is 481 g/mol. The third kappa shape index (κ3) is 7.74. The molecule has 1 N–H and O–H groups in total. The molecular weight excluding hydrogens is 456 g/mol. The zero-order valence-corrected chi connectivity index (χ0v) is 19.1. The Balaban J connectivity index is 1.58. The van der Waals surface area contributed by atoms with Crippen LogP contribution in [0.4, 0.5) is 14.5 Å². The van der Waals surface area contributed by atoms with E-state index in [1.807, 2.05) is 0 Å². The maximum Gasteiger partial charge on any atom is 0.387 e. The van der Waals surface area contributed by atoms with Crippen LogP contribution in [0.1, 0.15) is 36.0 Å². The number of methoxy groups -OCH3 is 1. The van der Waals surface area contributed by atoms with E-state index < -0.39 is 12.5 Å². The number of carbonyl (C=O) groups is 3. The smallest absolute Gasteiger partial charge is 0.387 e. The highest BCUT2D eigenvalue weighted by molar-refractivity contribution is 5.99. The van der Waals surface area contributed by atoms with Crippen LogP contribution in [0.15, 0.2) is 72.8 Å². The van der Waals surface area contributed by atoms with Gasteiger partial charge in [-0.2, -0.15) is 8.78 Å². The van der Waals surface area contributed by atoms with Crippen molar-refractivity contribution in [1.82, 2.24) is 0 Å². The van der Waals surface area contributed by atoms with Crippen molar-refractivity contribution in [2.75, 3.05) is 12.4 Å². The van der Waals surface area contributed by atoms with Gasteiger partial charge in [-0.1, -0.05) is 42.5 Å². The average Bonchev–Trinajstić information content (AvgIpc) is 2.87. The number of nitrogens with one attached hydrogen (secondary N) is 1. The highest BCUT2D eigenvalue weighted by atomic mass is 19.3. The maximum absolute atomic E-state index is 12.9. The molecule has 0 spiro atoms. The van der Waals surface area contributed by atoms with E-state index in [0.717, 1.165) is 0 Å². The zero-order valence-electron chi connectivity index (χ0n) is 19.1. The van der Waals surface area contributed by atoms with Crippen molar-refractivity contribution in [3.05, 3.63) is 78.4 Å². The summed E-state index contributed by atoms with van der Waals surface area (Å²) in [5, 5.41) is 2.68. The lowest BCUT2D eigenvalue weighted by Gasteiger charge is -2.14. The number of alkyl halides is 2. The lowest BCUT2D eigenvalue weighted by Crippen LogP contribution is -2.14. The predicted molar refractivity (Wildman–Crippen MR) is 128 cm³/mol. The molecular formula is C27H25F2NO5. The fourth-order valence-corrected chi connectivity index (χ4v) is 3.43. The van der Waals surface area contributed by atoms with Gasteiger partial charge in [-0.05, 0) is 35.9 Å². The van der Waals surface area contributed by atoms with E-state index in [2.05, 4.69) is 10.1 Å². The molecule has 0 aliphatic heterocycles. The van der Waals surface area contributed by atoms with E-state index in [1.165, 1.54) is 25.3 Å². The molecule has 0 bridgehead atoms. The third-order valence-electron chi connectivity index (χ3n) is 5.24. The Morgan fingerprint density at radius 2 is 1.54 bits per heavy atom. The molecule has 1 amide bonds. The minimum atomic E-state index is -3.01. The topological polar surface area (TPSA) is 81.7 Å². The zero-order chi connectivity index (χ0) is 25.2. The van der Waals surface area contributed by atoms with Gasteiger partial charge in [-0.3, -0.25) is 14.4 Å². The van der Waals surface area contributed by atoms with Crippen LogP contribution in [0.25, 0.3) is 11.1 Å². The Bertz CT molecular complexity index is 1160. The summed E-state index contributed by atoms with van der Waals surface area (Å²) in [4.78, 5) is 36.6. The number of ketones is 2. The second-order valence-electron chi connectivity index (χ2n) is 7.69. The molecule has 182 valence electrons. The second-order valence-corrected chi connectivity index (χ2v) is 7.69. The van der Waals surface area contributed by atoms with Crippen LogP contribution < -0.4 is 14.8 Å². The van der Waals surface area contributed by atoms with Gasteiger partial charge in [0.05, 0.1) is 7.11 Å². The molecule has 0 radical (unpaired) electrons. The first-order valence-corrected chi connectivity index (χ1v) is 11.0. The van der Waals surface area contributed by atoms with Crippen LogP contribution in [-0.4, -0.2) is 31.2 Å². The highest BCUT2D eigenvalue weighted by Gasteiger charge is 2.15. The minimum Gasteiger partial charge on any atom is -0.497 e. The Hall–Kier alpha value is -4.07. The van der Waals surface area contributed by atoms with Gasteiger partial charge in [0.1, 0.15) is 17.3 Å². The maximum atomic E-state index is 12.9. The molecule has 35 heavy (non-hydrogen) atoms. The third-order valence-corrected chi connectivity index (χ3v) is 5.24. The quantitative estimate of drug-likeness (QED) is 0.325. The van der Waals surface area contributed by atoms with Gasteiger partial charge in [0.2, 0.25) is 5.91 Å². The number of halogens is 2. The van der Waals surface area contributed by atoms with Crippen molar-refractivity contribution >= 4 is 23.2 Å². The van der Waals surface area contributed by atoms with E-state index >= 15 is 0 Å². The second kappa shape index (κ2) is 12.4. The number of hydrogen-bond donors (Lipinski definition) is 1. The lowest BCUT2D eigenvalue weighted by molar-refractivity contribution is -0.122. The van der Waals surface area contributed by atoms with Crippen molar-refractivity contribution < 1.29 is 32.6 Å². The standard InChI is InChI=1S/C27H25F2NO5/c1-34-22-12-7-18(8-13-22)23-17-20(9-15-25(23)35-27(28)29)30-26(33)16-11-21(31)10-14-24(32)19-5-3-2-4-6-19/h2-9,12-13,15,17,27H,10-11,14,16H2,1H3,(H,30,33). The molecule has 3 aromatic rings. The van der Waals surface area contributed by atoms with Gasteiger partial charge in [0.25, 0.3) is 0 Å². The largest absolute Gasteiger partial charge is 0.497 e. The predicted octanol–water partition coefficient (Wildman–Crippen LogP) is 5.91. The van der Waals surface area contributed by atoms with Crippen molar-refractivity contribution in [2.45, 2.75) is 32.3 Å². The molecule has 6 nitrogen and oxygen atoms in total. The van der Waals surface area contributed by atoms with Crippen LogP contribution in [0.5, 0.6) is 11.5 Å². The molecule has 0 aromatic heterocycles. The highest BCUT2D eigenvalue weighted by Crippen LogP contribution is 2.34. The first-order chi connectivity index (χ1) is 16.9. The van der Waals surface area contributed by atoms with Crippen LogP contribution >= 0.6 is 0 Å². The summed E-state index contributed by atoms with van der Waals surface area (Å²) in [5.41, 5.74) is 1.87. The molecule has 3 aromatic carbocycles. The number of hydrogen-bond acceptors (Lipinski definition) is 5. The number of benzene rings is 3. The van der Waals surface area contributed by atoms with E-state index in [1.54, 1.807) is 54.6 Å². The summed E-state index contributed by atoms with van der Waals surface area (Å²) in [6.45, 7) is -3.01. The molecule has 0 saturated carbocycles. The minimum absolute atomic E-state index is 0.00812. The van der Waals surface area contributed by atoms with Gasteiger partial charge in [-0.25, -0.2) is 0 Å². The van der Waals surface area contributed by atoms with E-state index in [-0.39, 0.29) is 43.0 Å². The molecule has 0 aliphatic carbocycles. The van der Waals surface area contributed by atoms with Crippen molar-refractivity contribution in [2.24, 2.45) is 0 Å². The Morgan fingerprint density at radius 3 is 2.20 bits per heavy atom. The normalized spacial score (nSPS) is 10.6. The number of ether oxygens (including phenoxy) is 2. The Morgan fingerprint density at radius 1 is 0.857 bits per heavy atom. The van der Waals surface area contributed by atoms with Crippen molar-refractivity contribution in [3.63, 3.8) is 0 Å². The summed E-state index contributed by atoms with van der Waals surface area (Å²) in [6, 6.07) is 19.8. The van der Waals surface area contributed by atoms with Crippen LogP contribution in [0.2, 0.25) is 0 Å². The lowest BCUT2D eigenvalue weighted by atomic mass is 10.0. The van der Waals surface area contributed by atoms with Gasteiger partial charge in [-0.15, -0.1) is 0 Å². The molecule has 0 heterocycles. The molecule has 3 rings (SSSR count). The molecule has 0 atom stereocenters. The molecule has 0 saturated heterocycles. The molecule has 0 aliphatic rings. The van der Waals surface area contributed by atoms with Crippen LogP contribution in [0.3, 0.4) is 0 Å². The summed E-state index contributed by atoms with van der Waals surface area (Å²) in [5.74, 6) is -0.161. The number of rotatable bonds is 12. The fourth-order valence-electron chi connectivity index (χ4n) is 3.43. The van der Waals surface area contributed by atoms with Crippen LogP contribution in [0, 0.1) is 0 Å².